The molecule has 2 N–H and O–H groups in total. The minimum Gasteiger partial charge on any atom is -0.495 e. The van der Waals surface area contributed by atoms with Gasteiger partial charge in [-0.05, 0) is 42.9 Å². The summed E-state index contributed by atoms with van der Waals surface area (Å²) in [6.45, 7) is 1.11. The maximum Gasteiger partial charge on any atom is 0.322 e. The number of halogens is 2. The third kappa shape index (κ3) is 4.32. The zero-order valence-electron chi connectivity index (χ0n) is 14.9. The Balaban J connectivity index is 1.53. The lowest BCUT2D eigenvalue weighted by molar-refractivity contribution is -0.132. The van der Waals surface area contributed by atoms with Crippen LogP contribution in [0.5, 0.6) is 5.75 Å². The fraction of sp³-hybridized carbons (Fsp3) is 0.500. The highest BCUT2D eigenvalue weighted by Crippen LogP contribution is 2.35. The van der Waals surface area contributed by atoms with Crippen molar-refractivity contribution in [2.24, 2.45) is 0 Å². The quantitative estimate of drug-likeness (QED) is 0.745. The summed E-state index contributed by atoms with van der Waals surface area (Å²) in [6.07, 6.45) is 1.87. The standard InChI is InChI=1S/C18H21ClFN3O4/c1-27-14-9-11(8-12(20)16(14)19)10-4-6-23(7-5-10)15(24)3-2-13-17(25)22-18(26)21-13/h8-10,13H,2-7H2,1H3,(H2,21,22,25,26)/t13-/m1/s1. The van der Waals surface area contributed by atoms with Crippen molar-refractivity contribution in [2.75, 3.05) is 20.2 Å². The second kappa shape index (κ2) is 8.12. The summed E-state index contributed by atoms with van der Waals surface area (Å²) in [5, 5.41) is 4.60. The van der Waals surface area contributed by atoms with Crippen molar-refractivity contribution in [3.63, 3.8) is 0 Å². The van der Waals surface area contributed by atoms with Crippen LogP contribution in [0.25, 0.3) is 0 Å². The molecule has 4 amide bonds. The van der Waals surface area contributed by atoms with Gasteiger partial charge in [0.25, 0.3) is 5.91 Å². The molecule has 2 heterocycles. The number of rotatable bonds is 5. The van der Waals surface area contributed by atoms with Crippen molar-refractivity contribution in [1.82, 2.24) is 15.5 Å². The Morgan fingerprint density at radius 1 is 1.33 bits per heavy atom. The van der Waals surface area contributed by atoms with Gasteiger partial charge in [0.1, 0.15) is 22.6 Å². The van der Waals surface area contributed by atoms with E-state index in [1.165, 1.54) is 13.2 Å². The monoisotopic (exact) mass is 397 g/mol. The summed E-state index contributed by atoms with van der Waals surface area (Å²) in [7, 11) is 1.44. The van der Waals surface area contributed by atoms with E-state index in [4.69, 9.17) is 16.3 Å². The van der Waals surface area contributed by atoms with Crippen molar-refractivity contribution >= 4 is 29.4 Å². The van der Waals surface area contributed by atoms with Crippen LogP contribution in [0, 0.1) is 5.82 Å². The number of nitrogens with zero attached hydrogens (tertiary/aromatic N) is 1. The van der Waals surface area contributed by atoms with Crippen molar-refractivity contribution < 1.29 is 23.5 Å². The number of likely N-dealkylation sites (tertiary alicyclic amines) is 1. The Kier molecular flexibility index (Phi) is 5.84. The lowest BCUT2D eigenvalue weighted by Gasteiger charge is -2.32. The number of hydrogen-bond acceptors (Lipinski definition) is 4. The zero-order chi connectivity index (χ0) is 19.6. The summed E-state index contributed by atoms with van der Waals surface area (Å²) in [6, 6.07) is 2.00. The smallest absolute Gasteiger partial charge is 0.322 e. The largest absolute Gasteiger partial charge is 0.495 e. The lowest BCUT2D eigenvalue weighted by atomic mass is 9.89. The highest BCUT2D eigenvalue weighted by atomic mass is 35.5. The van der Waals surface area contributed by atoms with E-state index in [0.717, 1.165) is 5.56 Å². The Bertz CT molecular complexity index is 765. The van der Waals surface area contributed by atoms with Gasteiger partial charge in [-0.2, -0.15) is 0 Å². The third-order valence-corrected chi connectivity index (χ3v) is 5.43. The van der Waals surface area contributed by atoms with Crippen LogP contribution in [0.15, 0.2) is 12.1 Å². The van der Waals surface area contributed by atoms with Crippen molar-refractivity contribution in [3.8, 4) is 5.75 Å². The first-order chi connectivity index (χ1) is 12.9. The van der Waals surface area contributed by atoms with E-state index in [0.29, 0.717) is 31.7 Å². The summed E-state index contributed by atoms with van der Waals surface area (Å²) in [5.41, 5.74) is 0.811. The van der Waals surface area contributed by atoms with E-state index in [2.05, 4.69) is 10.6 Å². The fourth-order valence-corrected chi connectivity index (χ4v) is 3.70. The van der Waals surface area contributed by atoms with Crippen LogP contribution in [0.2, 0.25) is 5.02 Å². The van der Waals surface area contributed by atoms with Crippen molar-refractivity contribution in [1.29, 1.82) is 0 Å². The van der Waals surface area contributed by atoms with Crippen LogP contribution in [0.1, 0.15) is 37.2 Å². The first kappa shape index (κ1) is 19.4. The average molecular weight is 398 g/mol. The first-order valence-electron chi connectivity index (χ1n) is 8.81. The summed E-state index contributed by atoms with van der Waals surface area (Å²) < 4.78 is 19.1. The number of ether oxygens (including phenoxy) is 1. The van der Waals surface area contributed by atoms with E-state index in [1.54, 1.807) is 11.0 Å². The minimum absolute atomic E-state index is 0.0306. The highest BCUT2D eigenvalue weighted by Gasteiger charge is 2.31. The van der Waals surface area contributed by atoms with Gasteiger partial charge in [0.15, 0.2) is 0 Å². The van der Waals surface area contributed by atoms with E-state index >= 15 is 0 Å². The van der Waals surface area contributed by atoms with Crippen molar-refractivity contribution in [3.05, 3.63) is 28.5 Å². The average Bonchev–Trinajstić information content (AvgIpc) is 2.99. The van der Waals surface area contributed by atoms with Crippen LogP contribution < -0.4 is 15.4 Å². The number of carbonyl (C=O) groups excluding carboxylic acids is 3. The number of carbonyl (C=O) groups is 3. The molecule has 27 heavy (non-hydrogen) atoms. The molecule has 1 atom stereocenters. The Hall–Kier alpha value is -2.35. The molecule has 7 nitrogen and oxygen atoms in total. The summed E-state index contributed by atoms with van der Waals surface area (Å²) in [4.78, 5) is 36.7. The Morgan fingerprint density at radius 3 is 2.63 bits per heavy atom. The molecule has 0 radical (unpaired) electrons. The molecule has 1 aromatic carbocycles. The third-order valence-electron chi connectivity index (χ3n) is 5.06. The van der Waals surface area contributed by atoms with Gasteiger partial charge in [-0.15, -0.1) is 0 Å². The molecule has 2 aliphatic rings. The Morgan fingerprint density at radius 2 is 2.04 bits per heavy atom. The number of nitrogens with one attached hydrogen (secondary N) is 2. The van der Waals surface area contributed by atoms with Gasteiger partial charge < -0.3 is 15.0 Å². The van der Waals surface area contributed by atoms with E-state index < -0.39 is 23.8 Å². The van der Waals surface area contributed by atoms with Gasteiger partial charge in [0, 0.05) is 19.5 Å². The summed E-state index contributed by atoms with van der Waals surface area (Å²) in [5.74, 6) is -0.537. The maximum absolute atomic E-state index is 14.0. The predicted molar refractivity (Wildman–Crippen MR) is 96.2 cm³/mol. The highest BCUT2D eigenvalue weighted by molar-refractivity contribution is 6.32. The number of urea groups is 1. The predicted octanol–water partition coefficient (Wildman–Crippen LogP) is 2.18. The normalized spacial score (nSPS) is 20.4. The van der Waals surface area contributed by atoms with E-state index in [1.807, 2.05) is 0 Å². The summed E-state index contributed by atoms with van der Waals surface area (Å²) >= 11 is 5.87. The van der Waals surface area contributed by atoms with Crippen LogP contribution in [0.4, 0.5) is 9.18 Å². The molecule has 2 saturated heterocycles. The molecular weight excluding hydrogens is 377 g/mol. The molecule has 1 aromatic rings. The van der Waals surface area contributed by atoms with Crippen LogP contribution in [-0.2, 0) is 9.59 Å². The fourth-order valence-electron chi connectivity index (χ4n) is 3.52. The zero-order valence-corrected chi connectivity index (χ0v) is 15.6. The van der Waals surface area contributed by atoms with Gasteiger partial charge >= 0.3 is 6.03 Å². The number of methoxy groups -OCH3 is 1. The SMILES string of the molecule is COc1cc(C2CCN(C(=O)CC[C@H]3NC(=O)NC3=O)CC2)cc(F)c1Cl. The molecular formula is C18H21ClFN3O4. The van der Waals surface area contributed by atoms with Crippen LogP contribution in [-0.4, -0.2) is 49.0 Å². The number of benzene rings is 1. The van der Waals surface area contributed by atoms with Gasteiger partial charge in [-0.1, -0.05) is 11.6 Å². The number of imide groups is 1. The maximum atomic E-state index is 14.0. The van der Waals surface area contributed by atoms with E-state index in [9.17, 15) is 18.8 Å². The molecule has 3 rings (SSSR count). The molecule has 0 saturated carbocycles. The topological polar surface area (TPSA) is 87.7 Å². The molecule has 0 aromatic heterocycles. The molecule has 0 aliphatic carbocycles. The molecule has 0 unspecified atom stereocenters. The second-order valence-electron chi connectivity index (χ2n) is 6.73. The van der Waals surface area contributed by atoms with Gasteiger partial charge in [0.05, 0.1) is 7.11 Å². The molecule has 2 fully saturated rings. The van der Waals surface area contributed by atoms with Crippen LogP contribution in [0.3, 0.4) is 0 Å². The van der Waals surface area contributed by atoms with Crippen LogP contribution >= 0.6 is 11.6 Å². The van der Waals surface area contributed by atoms with Gasteiger partial charge in [-0.25, -0.2) is 9.18 Å². The molecule has 2 aliphatic heterocycles. The Labute approximate surface area is 161 Å². The first-order valence-corrected chi connectivity index (χ1v) is 9.19. The van der Waals surface area contributed by atoms with Gasteiger partial charge in [-0.3, -0.25) is 14.9 Å². The number of piperidine rings is 1. The second-order valence-corrected chi connectivity index (χ2v) is 7.11. The lowest BCUT2D eigenvalue weighted by Crippen LogP contribution is -2.39. The van der Waals surface area contributed by atoms with Crippen molar-refractivity contribution in [2.45, 2.75) is 37.6 Å². The molecule has 0 bridgehead atoms. The van der Waals surface area contributed by atoms with Gasteiger partial charge in [0.2, 0.25) is 5.91 Å². The molecule has 0 spiro atoms. The number of hydrogen-bond donors (Lipinski definition) is 2. The van der Waals surface area contributed by atoms with E-state index in [-0.39, 0.29) is 29.7 Å². The minimum atomic E-state index is -0.650. The molecule has 146 valence electrons. The number of amides is 4. The molecule has 9 heteroatoms.